The average Bonchev–Trinajstić information content (AvgIpc) is 2.90. The van der Waals surface area contributed by atoms with Gasteiger partial charge in [-0.15, -0.1) is 0 Å². The predicted octanol–water partition coefficient (Wildman–Crippen LogP) is 3.94. The van der Waals surface area contributed by atoms with Crippen molar-refractivity contribution in [1.29, 1.82) is 0 Å². The lowest BCUT2D eigenvalue weighted by Gasteiger charge is -2.14. The zero-order valence-corrected chi connectivity index (χ0v) is 16.1. The lowest BCUT2D eigenvalue weighted by molar-refractivity contribution is -0.116. The molecule has 6 heteroatoms. The second-order valence-corrected chi connectivity index (χ2v) is 7.25. The second kappa shape index (κ2) is 7.54. The van der Waals surface area contributed by atoms with Crippen LogP contribution in [-0.2, 0) is 17.6 Å². The number of nitrogens with one attached hydrogen (secondary N) is 2. The minimum Gasteiger partial charge on any atom is -0.492 e. The molecule has 0 spiro atoms. The molecule has 6 nitrogen and oxygen atoms in total. The summed E-state index contributed by atoms with van der Waals surface area (Å²) in [5.41, 5.74) is 4.01. The van der Waals surface area contributed by atoms with Gasteiger partial charge in [-0.05, 0) is 56.5 Å². The van der Waals surface area contributed by atoms with Gasteiger partial charge in [0.2, 0.25) is 5.91 Å². The van der Waals surface area contributed by atoms with Gasteiger partial charge >= 0.3 is 0 Å². The number of hydrogen-bond acceptors (Lipinski definition) is 4. The van der Waals surface area contributed by atoms with E-state index in [1.807, 2.05) is 32.0 Å². The summed E-state index contributed by atoms with van der Waals surface area (Å²) < 4.78 is 11.6. The van der Waals surface area contributed by atoms with Crippen molar-refractivity contribution in [3.63, 3.8) is 0 Å². The van der Waals surface area contributed by atoms with Gasteiger partial charge in [0.1, 0.15) is 17.6 Å². The second-order valence-electron chi connectivity index (χ2n) is 7.25. The summed E-state index contributed by atoms with van der Waals surface area (Å²) in [5.74, 6) is 1.24. The summed E-state index contributed by atoms with van der Waals surface area (Å²) in [4.78, 5) is 24.6. The third-order valence-electron chi connectivity index (χ3n) is 5.04. The van der Waals surface area contributed by atoms with Gasteiger partial charge in [-0.2, -0.15) is 0 Å². The number of carbonyl (C=O) groups is 2. The molecule has 0 aromatic heterocycles. The van der Waals surface area contributed by atoms with E-state index in [2.05, 4.69) is 10.6 Å². The Morgan fingerprint density at radius 3 is 2.93 bits per heavy atom. The van der Waals surface area contributed by atoms with E-state index in [-0.39, 0.29) is 17.9 Å². The average molecular weight is 380 g/mol. The first-order valence-corrected chi connectivity index (χ1v) is 9.74. The number of ether oxygens (including phenoxy) is 2. The highest BCUT2D eigenvalue weighted by Crippen LogP contribution is 2.38. The fourth-order valence-electron chi connectivity index (χ4n) is 3.72. The van der Waals surface area contributed by atoms with E-state index in [9.17, 15) is 9.59 Å². The third kappa shape index (κ3) is 3.67. The maximum absolute atomic E-state index is 12.9. The number of amides is 2. The van der Waals surface area contributed by atoms with Crippen molar-refractivity contribution in [3.05, 3.63) is 47.0 Å². The molecule has 2 aromatic rings. The molecule has 2 aromatic carbocycles. The van der Waals surface area contributed by atoms with Crippen LogP contribution in [0.2, 0.25) is 0 Å². The van der Waals surface area contributed by atoms with E-state index in [0.717, 1.165) is 41.8 Å². The van der Waals surface area contributed by atoms with Gasteiger partial charge in [0, 0.05) is 35.7 Å². The van der Waals surface area contributed by atoms with E-state index in [4.69, 9.17) is 9.47 Å². The van der Waals surface area contributed by atoms with Gasteiger partial charge in [-0.25, -0.2) is 0 Å². The van der Waals surface area contributed by atoms with Gasteiger partial charge in [-0.3, -0.25) is 9.59 Å². The molecule has 0 fully saturated rings. The van der Waals surface area contributed by atoms with Gasteiger partial charge in [0.25, 0.3) is 5.91 Å². The van der Waals surface area contributed by atoms with Crippen LogP contribution in [0.4, 0.5) is 11.4 Å². The van der Waals surface area contributed by atoms with Crippen LogP contribution in [0, 0.1) is 0 Å². The fourth-order valence-corrected chi connectivity index (χ4v) is 3.72. The van der Waals surface area contributed by atoms with E-state index < -0.39 is 0 Å². The van der Waals surface area contributed by atoms with E-state index in [1.54, 1.807) is 12.1 Å². The molecule has 2 aliphatic rings. The summed E-state index contributed by atoms with van der Waals surface area (Å²) in [7, 11) is 0. The molecular formula is C22H24N2O4. The van der Waals surface area contributed by atoms with Crippen molar-refractivity contribution in [2.45, 2.75) is 45.6 Å². The predicted molar refractivity (Wildman–Crippen MR) is 107 cm³/mol. The standard InChI is InChI=1S/C22H24N2O4/c1-3-27-20-11-16-9-13(2)28-19(16)12-18(20)24-22(26)15-7-8-17-14(10-15)5-4-6-21(25)23-17/h7-8,10-13H,3-6,9H2,1-2H3,(H,23,25)(H,24,26)/t13-/m0/s1. The molecule has 2 amide bonds. The van der Waals surface area contributed by atoms with Crippen molar-refractivity contribution >= 4 is 23.2 Å². The number of anilines is 2. The first-order chi connectivity index (χ1) is 13.5. The largest absolute Gasteiger partial charge is 0.492 e. The summed E-state index contributed by atoms with van der Waals surface area (Å²) >= 11 is 0. The van der Waals surface area contributed by atoms with E-state index >= 15 is 0 Å². The molecule has 146 valence electrons. The smallest absolute Gasteiger partial charge is 0.255 e. The molecule has 0 bridgehead atoms. The minimum absolute atomic E-state index is 0.0182. The van der Waals surface area contributed by atoms with Crippen molar-refractivity contribution < 1.29 is 19.1 Å². The fraction of sp³-hybridized carbons (Fsp3) is 0.364. The van der Waals surface area contributed by atoms with Crippen molar-refractivity contribution in [3.8, 4) is 11.5 Å². The summed E-state index contributed by atoms with van der Waals surface area (Å²) in [6.45, 7) is 4.45. The Morgan fingerprint density at radius 2 is 2.11 bits per heavy atom. The molecule has 0 radical (unpaired) electrons. The number of carbonyl (C=O) groups excluding carboxylic acids is 2. The number of benzene rings is 2. The zero-order chi connectivity index (χ0) is 19.7. The van der Waals surface area contributed by atoms with E-state index in [0.29, 0.717) is 30.0 Å². The summed E-state index contributed by atoms with van der Waals surface area (Å²) in [6.07, 6.45) is 3.00. The molecule has 0 aliphatic carbocycles. The van der Waals surface area contributed by atoms with Crippen LogP contribution in [0.5, 0.6) is 11.5 Å². The Labute approximate surface area is 164 Å². The zero-order valence-electron chi connectivity index (χ0n) is 16.1. The third-order valence-corrected chi connectivity index (χ3v) is 5.04. The molecule has 28 heavy (non-hydrogen) atoms. The number of fused-ring (bicyclic) bond motifs is 2. The first kappa shape index (κ1) is 18.3. The van der Waals surface area contributed by atoms with Gasteiger partial charge in [-0.1, -0.05) is 0 Å². The monoisotopic (exact) mass is 380 g/mol. The Bertz CT molecular complexity index is 938. The molecule has 2 aliphatic heterocycles. The normalized spacial score (nSPS) is 17.6. The van der Waals surface area contributed by atoms with Gasteiger partial charge in [0.15, 0.2) is 0 Å². The quantitative estimate of drug-likeness (QED) is 0.842. The SMILES string of the molecule is CCOc1cc2c(cc1NC(=O)c1ccc3c(c1)CCCC(=O)N3)O[C@@H](C)C2. The van der Waals surface area contributed by atoms with Gasteiger partial charge in [0.05, 0.1) is 12.3 Å². The highest BCUT2D eigenvalue weighted by atomic mass is 16.5. The number of hydrogen-bond donors (Lipinski definition) is 2. The van der Waals surface area contributed by atoms with Crippen LogP contribution < -0.4 is 20.1 Å². The molecular weight excluding hydrogens is 356 g/mol. The molecule has 0 unspecified atom stereocenters. The van der Waals surface area contributed by atoms with E-state index in [1.165, 1.54) is 0 Å². The molecule has 4 rings (SSSR count). The van der Waals surface area contributed by atoms with Crippen LogP contribution in [0.25, 0.3) is 0 Å². The van der Waals surface area contributed by atoms with Gasteiger partial charge < -0.3 is 20.1 Å². The molecule has 0 saturated heterocycles. The van der Waals surface area contributed by atoms with Crippen LogP contribution in [-0.4, -0.2) is 24.5 Å². The lowest BCUT2D eigenvalue weighted by atomic mass is 10.0. The first-order valence-electron chi connectivity index (χ1n) is 9.74. The van der Waals surface area contributed by atoms with Crippen molar-refractivity contribution in [1.82, 2.24) is 0 Å². The molecule has 2 heterocycles. The number of rotatable bonds is 4. The van der Waals surface area contributed by atoms with Crippen molar-refractivity contribution in [2.75, 3.05) is 17.2 Å². The molecule has 2 N–H and O–H groups in total. The maximum Gasteiger partial charge on any atom is 0.255 e. The molecule has 1 atom stereocenters. The highest BCUT2D eigenvalue weighted by Gasteiger charge is 2.23. The van der Waals surface area contributed by atoms with Crippen LogP contribution in [0.1, 0.15) is 48.2 Å². The maximum atomic E-state index is 12.9. The molecule has 0 saturated carbocycles. The Hall–Kier alpha value is -3.02. The summed E-state index contributed by atoms with van der Waals surface area (Å²) in [5, 5.41) is 5.85. The van der Waals surface area contributed by atoms with Crippen LogP contribution >= 0.6 is 0 Å². The minimum atomic E-state index is -0.217. The Balaban J connectivity index is 1.59. The summed E-state index contributed by atoms with van der Waals surface area (Å²) in [6, 6.07) is 9.16. The highest BCUT2D eigenvalue weighted by molar-refractivity contribution is 6.06. The van der Waals surface area contributed by atoms with Crippen LogP contribution in [0.3, 0.4) is 0 Å². The lowest BCUT2D eigenvalue weighted by Crippen LogP contribution is -2.14. The van der Waals surface area contributed by atoms with Crippen molar-refractivity contribution in [2.24, 2.45) is 0 Å². The number of aryl methyl sites for hydroxylation is 1. The Morgan fingerprint density at radius 1 is 1.25 bits per heavy atom. The topological polar surface area (TPSA) is 76.7 Å². The Kier molecular flexibility index (Phi) is 4.94. The van der Waals surface area contributed by atoms with Crippen LogP contribution in [0.15, 0.2) is 30.3 Å².